The lowest BCUT2D eigenvalue weighted by atomic mass is 9.75. The van der Waals surface area contributed by atoms with Crippen molar-refractivity contribution in [1.82, 2.24) is 10.2 Å². The third kappa shape index (κ3) is 3.78. The first-order valence-electron chi connectivity index (χ1n) is 11.5. The molecule has 2 aliphatic carbocycles. The number of carbonyl (C=O) groups is 1. The normalized spacial score (nSPS) is 28.5. The van der Waals surface area contributed by atoms with Crippen molar-refractivity contribution >= 4 is 17.5 Å². The molecule has 1 heterocycles. The summed E-state index contributed by atoms with van der Waals surface area (Å²) in [5, 5.41) is 3.38. The van der Waals surface area contributed by atoms with Crippen molar-refractivity contribution in [2.45, 2.75) is 49.6 Å². The Labute approximate surface area is 184 Å². The van der Waals surface area contributed by atoms with Gasteiger partial charge in [0.15, 0.2) is 4.87 Å². The van der Waals surface area contributed by atoms with E-state index < -0.39 is 4.87 Å². The monoisotopic (exact) mass is 422 g/mol. The summed E-state index contributed by atoms with van der Waals surface area (Å²) in [4.78, 5) is 15.1. The Morgan fingerprint density at radius 2 is 1.53 bits per heavy atom. The van der Waals surface area contributed by atoms with Crippen LogP contribution in [0.3, 0.4) is 0 Å². The fourth-order valence-corrected chi connectivity index (χ4v) is 6.19. The van der Waals surface area contributed by atoms with E-state index in [1.54, 1.807) is 0 Å². The van der Waals surface area contributed by atoms with Crippen LogP contribution in [0, 0.1) is 17.8 Å². The minimum atomic E-state index is -0.942. The Balaban J connectivity index is 1.24. The molecular weight excluding hydrogens is 392 g/mol. The van der Waals surface area contributed by atoms with Crippen molar-refractivity contribution in [3.8, 4) is 0 Å². The van der Waals surface area contributed by atoms with Gasteiger partial charge in [0.1, 0.15) is 0 Å². The van der Waals surface area contributed by atoms with Crippen molar-refractivity contribution in [3.05, 3.63) is 71.8 Å². The molecule has 1 saturated heterocycles. The molecule has 0 radical (unpaired) electrons. The molecule has 1 amide bonds. The molecule has 2 saturated carbocycles. The number of hydrogen-bond acceptors (Lipinski definition) is 2. The van der Waals surface area contributed by atoms with Gasteiger partial charge in [0.2, 0.25) is 5.91 Å². The first-order valence-corrected chi connectivity index (χ1v) is 11.9. The van der Waals surface area contributed by atoms with Crippen molar-refractivity contribution in [2.24, 2.45) is 17.8 Å². The van der Waals surface area contributed by atoms with E-state index in [2.05, 4.69) is 40.5 Å². The SMILES string of the molecule is O=C(N[C@H]1C2CN(Cc3ccccc3)C[C@@H]21)C(Cl)(c1ccccc1)C1CCCCC1. The van der Waals surface area contributed by atoms with Crippen LogP contribution in [0.15, 0.2) is 60.7 Å². The van der Waals surface area contributed by atoms with Crippen LogP contribution in [0.2, 0.25) is 0 Å². The van der Waals surface area contributed by atoms with E-state index in [0.717, 1.165) is 38.0 Å². The number of likely N-dealkylation sites (tertiary alicyclic amines) is 1. The van der Waals surface area contributed by atoms with E-state index in [1.165, 1.54) is 24.8 Å². The van der Waals surface area contributed by atoms with Gasteiger partial charge in [0, 0.05) is 25.7 Å². The van der Waals surface area contributed by atoms with Crippen LogP contribution in [0.5, 0.6) is 0 Å². The molecule has 0 spiro atoms. The Hall–Kier alpha value is -1.84. The predicted octanol–water partition coefficient (Wildman–Crippen LogP) is 4.95. The largest absolute Gasteiger partial charge is 0.351 e. The van der Waals surface area contributed by atoms with Crippen molar-refractivity contribution < 1.29 is 4.79 Å². The Morgan fingerprint density at radius 3 is 2.17 bits per heavy atom. The highest BCUT2D eigenvalue weighted by Gasteiger charge is 2.58. The number of fused-ring (bicyclic) bond motifs is 1. The Morgan fingerprint density at radius 1 is 0.933 bits per heavy atom. The van der Waals surface area contributed by atoms with E-state index in [4.69, 9.17) is 11.6 Å². The van der Waals surface area contributed by atoms with Crippen molar-refractivity contribution in [1.29, 1.82) is 0 Å². The third-order valence-corrected chi connectivity index (χ3v) is 8.21. The lowest BCUT2D eigenvalue weighted by molar-refractivity contribution is -0.126. The average Bonchev–Trinajstić information content (AvgIpc) is 3.24. The number of halogens is 1. The van der Waals surface area contributed by atoms with Crippen molar-refractivity contribution in [3.63, 3.8) is 0 Å². The van der Waals surface area contributed by atoms with Crippen LogP contribution in [0.1, 0.15) is 43.2 Å². The maximum absolute atomic E-state index is 13.6. The van der Waals surface area contributed by atoms with E-state index in [0.29, 0.717) is 11.8 Å². The number of carbonyl (C=O) groups excluding carboxylic acids is 1. The summed E-state index contributed by atoms with van der Waals surface area (Å²) < 4.78 is 0. The number of alkyl halides is 1. The van der Waals surface area contributed by atoms with Gasteiger partial charge < -0.3 is 5.32 Å². The van der Waals surface area contributed by atoms with E-state index in [9.17, 15) is 4.79 Å². The molecule has 4 atom stereocenters. The molecule has 1 N–H and O–H groups in total. The summed E-state index contributed by atoms with van der Waals surface area (Å²) in [6, 6.07) is 21.0. The maximum Gasteiger partial charge on any atom is 0.246 e. The van der Waals surface area contributed by atoms with E-state index in [1.807, 2.05) is 30.3 Å². The highest BCUT2D eigenvalue weighted by molar-refractivity contribution is 6.35. The van der Waals surface area contributed by atoms with Gasteiger partial charge in [0.25, 0.3) is 0 Å². The van der Waals surface area contributed by atoms with Gasteiger partial charge in [-0.05, 0) is 41.7 Å². The number of piperidine rings is 1. The van der Waals surface area contributed by atoms with Crippen molar-refractivity contribution in [2.75, 3.05) is 13.1 Å². The number of amides is 1. The smallest absolute Gasteiger partial charge is 0.246 e. The standard InChI is InChI=1S/C26H31ClN2O/c27-26(20-12-6-2-7-13-20,21-14-8-3-9-15-21)25(30)28-24-22-17-29(18-23(22)24)16-19-10-4-1-5-11-19/h1-2,4-7,10-13,21-24H,3,8-9,14-18H2,(H,28,30)/t22-,23?,24+,26?/m0/s1. The van der Waals surface area contributed by atoms with Gasteiger partial charge >= 0.3 is 0 Å². The fraction of sp³-hybridized carbons (Fsp3) is 0.500. The molecule has 158 valence electrons. The molecule has 0 bridgehead atoms. The second kappa shape index (κ2) is 8.36. The Kier molecular flexibility index (Phi) is 5.59. The van der Waals surface area contributed by atoms with Crippen LogP contribution in [-0.2, 0) is 16.2 Å². The molecule has 2 aromatic carbocycles. The molecule has 3 nitrogen and oxygen atoms in total. The summed E-state index contributed by atoms with van der Waals surface area (Å²) >= 11 is 7.24. The molecule has 2 unspecified atom stereocenters. The number of rotatable bonds is 6. The molecule has 3 aliphatic rings. The lowest BCUT2D eigenvalue weighted by Crippen LogP contribution is -2.48. The second-order valence-corrected chi connectivity index (χ2v) is 10.0. The van der Waals surface area contributed by atoms with Crippen LogP contribution in [0.4, 0.5) is 0 Å². The first-order chi connectivity index (χ1) is 14.7. The fourth-order valence-electron chi connectivity index (χ4n) is 5.79. The topological polar surface area (TPSA) is 32.3 Å². The predicted molar refractivity (Wildman–Crippen MR) is 121 cm³/mol. The summed E-state index contributed by atoms with van der Waals surface area (Å²) in [5.41, 5.74) is 2.31. The molecule has 1 aliphatic heterocycles. The van der Waals surface area contributed by atoms with Crippen LogP contribution in [0.25, 0.3) is 0 Å². The highest BCUT2D eigenvalue weighted by atomic mass is 35.5. The van der Waals surface area contributed by atoms with Crippen LogP contribution in [-0.4, -0.2) is 29.9 Å². The molecule has 30 heavy (non-hydrogen) atoms. The zero-order valence-corrected chi connectivity index (χ0v) is 18.2. The minimum Gasteiger partial charge on any atom is -0.351 e. The summed E-state index contributed by atoms with van der Waals surface area (Å²) in [6.45, 7) is 3.13. The zero-order valence-electron chi connectivity index (χ0n) is 17.5. The lowest BCUT2D eigenvalue weighted by Gasteiger charge is -2.37. The summed E-state index contributed by atoms with van der Waals surface area (Å²) in [6.07, 6.45) is 5.66. The number of benzene rings is 2. The minimum absolute atomic E-state index is 0.0243. The summed E-state index contributed by atoms with van der Waals surface area (Å²) in [7, 11) is 0. The first kappa shape index (κ1) is 20.1. The van der Waals surface area contributed by atoms with E-state index >= 15 is 0 Å². The van der Waals surface area contributed by atoms with Crippen LogP contribution < -0.4 is 5.32 Å². The highest BCUT2D eigenvalue weighted by Crippen LogP contribution is 2.49. The molecule has 3 fully saturated rings. The Bertz CT molecular complexity index is 855. The van der Waals surface area contributed by atoms with Crippen LogP contribution >= 0.6 is 11.6 Å². The van der Waals surface area contributed by atoms with Gasteiger partial charge in [0.05, 0.1) is 0 Å². The maximum atomic E-state index is 13.6. The number of hydrogen-bond donors (Lipinski definition) is 1. The van der Waals surface area contributed by atoms with Gasteiger partial charge in [-0.15, -0.1) is 11.6 Å². The molecular formula is C26H31ClN2O. The van der Waals surface area contributed by atoms with Gasteiger partial charge in [-0.3, -0.25) is 9.69 Å². The number of nitrogens with zero attached hydrogens (tertiary/aromatic N) is 1. The number of nitrogens with one attached hydrogen (secondary N) is 1. The molecule has 4 heteroatoms. The third-order valence-electron chi connectivity index (χ3n) is 7.51. The van der Waals surface area contributed by atoms with Gasteiger partial charge in [-0.25, -0.2) is 0 Å². The molecule has 2 aromatic rings. The van der Waals surface area contributed by atoms with E-state index in [-0.39, 0.29) is 17.9 Å². The zero-order chi connectivity index (χ0) is 20.6. The second-order valence-electron chi connectivity index (χ2n) is 9.42. The average molecular weight is 423 g/mol. The quantitative estimate of drug-likeness (QED) is 0.668. The molecule has 5 rings (SSSR count). The summed E-state index contributed by atoms with van der Waals surface area (Å²) in [5.74, 6) is 1.38. The van der Waals surface area contributed by atoms with Gasteiger partial charge in [-0.2, -0.15) is 0 Å². The van der Waals surface area contributed by atoms with Gasteiger partial charge in [-0.1, -0.05) is 79.9 Å². The molecule has 0 aromatic heterocycles.